The highest BCUT2D eigenvalue weighted by Crippen LogP contribution is 2.25. The second-order valence-corrected chi connectivity index (χ2v) is 7.65. The van der Waals surface area contributed by atoms with Gasteiger partial charge in [0, 0.05) is 30.7 Å². The first-order valence-electron chi connectivity index (χ1n) is 8.96. The van der Waals surface area contributed by atoms with Crippen LogP contribution in [0, 0.1) is 20.8 Å². The summed E-state index contributed by atoms with van der Waals surface area (Å²) in [6.45, 7) is 12.6. The molecule has 0 saturated carbocycles. The first-order chi connectivity index (χ1) is 11.8. The van der Waals surface area contributed by atoms with Gasteiger partial charge >= 0.3 is 0 Å². The van der Waals surface area contributed by atoms with E-state index in [0.717, 1.165) is 30.8 Å². The Labute approximate surface area is 150 Å². The molecular formula is C21H28N2O2. The summed E-state index contributed by atoms with van der Waals surface area (Å²) in [6, 6.07) is 8.63. The van der Waals surface area contributed by atoms with Gasteiger partial charge in [0.05, 0.1) is 5.56 Å². The van der Waals surface area contributed by atoms with Crippen molar-refractivity contribution < 1.29 is 9.21 Å². The van der Waals surface area contributed by atoms with E-state index in [1.165, 1.54) is 11.1 Å². The molecule has 0 aliphatic carbocycles. The summed E-state index contributed by atoms with van der Waals surface area (Å²) in [6.07, 6.45) is 1.06. The number of carbonyl (C=O) groups is 1. The number of amides is 1. The number of hydrogen-bond acceptors (Lipinski definition) is 3. The van der Waals surface area contributed by atoms with Crippen molar-refractivity contribution >= 4 is 5.91 Å². The van der Waals surface area contributed by atoms with Gasteiger partial charge in [-0.15, -0.1) is 0 Å². The lowest BCUT2D eigenvalue weighted by Gasteiger charge is -2.41. The van der Waals surface area contributed by atoms with Crippen molar-refractivity contribution in [3.63, 3.8) is 0 Å². The van der Waals surface area contributed by atoms with Gasteiger partial charge in [0.2, 0.25) is 0 Å². The van der Waals surface area contributed by atoms with Gasteiger partial charge in [0.1, 0.15) is 11.5 Å². The molecule has 4 heteroatoms. The fourth-order valence-electron chi connectivity index (χ4n) is 3.64. The number of rotatable bonds is 4. The van der Waals surface area contributed by atoms with E-state index in [0.29, 0.717) is 17.9 Å². The van der Waals surface area contributed by atoms with E-state index in [9.17, 15) is 4.79 Å². The van der Waals surface area contributed by atoms with Crippen LogP contribution in [-0.2, 0) is 13.0 Å². The fourth-order valence-corrected chi connectivity index (χ4v) is 3.64. The van der Waals surface area contributed by atoms with Crippen molar-refractivity contribution in [2.75, 3.05) is 13.1 Å². The Kier molecular flexibility index (Phi) is 4.74. The maximum atomic E-state index is 12.6. The van der Waals surface area contributed by atoms with E-state index >= 15 is 0 Å². The lowest BCUT2D eigenvalue weighted by molar-refractivity contribution is 0.0824. The number of hydrogen-bond donors (Lipinski definition) is 1. The number of benzene rings is 1. The Morgan fingerprint density at radius 3 is 2.48 bits per heavy atom. The van der Waals surface area contributed by atoms with Crippen molar-refractivity contribution in [2.45, 2.75) is 53.1 Å². The average Bonchev–Trinajstić information content (AvgIpc) is 2.84. The summed E-state index contributed by atoms with van der Waals surface area (Å²) in [5.41, 5.74) is 4.34. The molecule has 0 atom stereocenters. The highest BCUT2D eigenvalue weighted by atomic mass is 16.3. The number of fused-ring (bicyclic) bond motifs is 1. The minimum Gasteiger partial charge on any atom is -0.466 e. The zero-order chi connectivity index (χ0) is 18.2. The molecule has 1 amide bonds. The molecule has 1 aliphatic rings. The van der Waals surface area contributed by atoms with E-state index in [4.69, 9.17) is 4.42 Å². The lowest BCUT2D eigenvalue weighted by atomic mass is 9.94. The van der Waals surface area contributed by atoms with E-state index in [-0.39, 0.29) is 11.4 Å². The molecule has 0 radical (unpaired) electrons. The van der Waals surface area contributed by atoms with Crippen molar-refractivity contribution in [3.8, 4) is 0 Å². The Bertz CT molecular complexity index is 789. The molecule has 2 heterocycles. The van der Waals surface area contributed by atoms with Gasteiger partial charge in [-0.3, -0.25) is 9.69 Å². The average molecular weight is 340 g/mol. The molecule has 0 saturated heterocycles. The van der Waals surface area contributed by atoms with Gasteiger partial charge in [-0.05, 0) is 52.2 Å². The minimum atomic E-state index is -0.107. The standard InChI is InChI=1S/C21H28N2O2/c1-14-15(2)25-16(3)19(14)20(24)22-13-21(4,5)23-11-10-17-8-6-7-9-18(17)12-23/h6-9H,10-13H2,1-5H3,(H,22,24). The highest BCUT2D eigenvalue weighted by Gasteiger charge is 2.30. The molecule has 4 nitrogen and oxygen atoms in total. The summed E-state index contributed by atoms with van der Waals surface area (Å²) in [4.78, 5) is 15.1. The van der Waals surface area contributed by atoms with Crippen molar-refractivity contribution in [3.05, 3.63) is 58.0 Å². The van der Waals surface area contributed by atoms with Crippen LogP contribution in [0.2, 0.25) is 0 Å². The van der Waals surface area contributed by atoms with Crippen molar-refractivity contribution in [1.82, 2.24) is 10.2 Å². The van der Waals surface area contributed by atoms with Crippen LogP contribution >= 0.6 is 0 Å². The topological polar surface area (TPSA) is 45.5 Å². The molecule has 3 rings (SSSR count). The van der Waals surface area contributed by atoms with Crippen LogP contribution in [0.15, 0.2) is 28.7 Å². The molecule has 1 aliphatic heterocycles. The quantitative estimate of drug-likeness (QED) is 0.921. The summed E-state index contributed by atoms with van der Waals surface area (Å²) in [5.74, 6) is 1.46. The van der Waals surface area contributed by atoms with Crippen LogP contribution in [0.5, 0.6) is 0 Å². The molecule has 1 N–H and O–H groups in total. The monoisotopic (exact) mass is 340 g/mol. The molecule has 1 aromatic carbocycles. The first-order valence-corrected chi connectivity index (χ1v) is 8.96. The number of nitrogens with zero attached hydrogens (tertiary/aromatic N) is 1. The molecule has 134 valence electrons. The number of nitrogens with one attached hydrogen (secondary N) is 1. The summed E-state index contributed by atoms with van der Waals surface area (Å²) >= 11 is 0. The summed E-state index contributed by atoms with van der Waals surface area (Å²) < 4.78 is 5.58. The zero-order valence-electron chi connectivity index (χ0n) is 15.9. The largest absolute Gasteiger partial charge is 0.466 e. The zero-order valence-corrected chi connectivity index (χ0v) is 15.9. The Balaban J connectivity index is 1.67. The van der Waals surface area contributed by atoms with Gasteiger partial charge in [0.25, 0.3) is 5.91 Å². The molecule has 1 aromatic heterocycles. The molecule has 2 aromatic rings. The van der Waals surface area contributed by atoms with Crippen LogP contribution in [0.3, 0.4) is 0 Å². The summed E-state index contributed by atoms with van der Waals surface area (Å²) in [5, 5.41) is 3.11. The second kappa shape index (κ2) is 6.68. The van der Waals surface area contributed by atoms with E-state index in [1.807, 2.05) is 20.8 Å². The van der Waals surface area contributed by atoms with Crippen LogP contribution in [0.4, 0.5) is 0 Å². The van der Waals surface area contributed by atoms with Crippen LogP contribution < -0.4 is 5.32 Å². The Morgan fingerprint density at radius 2 is 1.84 bits per heavy atom. The van der Waals surface area contributed by atoms with Crippen LogP contribution in [0.25, 0.3) is 0 Å². The van der Waals surface area contributed by atoms with Crippen molar-refractivity contribution in [2.24, 2.45) is 0 Å². The van der Waals surface area contributed by atoms with Gasteiger partial charge in [-0.1, -0.05) is 24.3 Å². The third-order valence-electron chi connectivity index (χ3n) is 5.46. The molecule has 0 unspecified atom stereocenters. The smallest absolute Gasteiger partial charge is 0.255 e. The predicted molar refractivity (Wildman–Crippen MR) is 99.9 cm³/mol. The van der Waals surface area contributed by atoms with E-state index in [2.05, 4.69) is 48.3 Å². The minimum absolute atomic E-state index is 0.0441. The van der Waals surface area contributed by atoms with Crippen molar-refractivity contribution in [1.29, 1.82) is 0 Å². The lowest BCUT2D eigenvalue weighted by Crippen LogP contribution is -2.53. The SMILES string of the molecule is Cc1oc(C)c(C(=O)NCC(C)(C)N2CCc3ccccc3C2)c1C. The second-order valence-electron chi connectivity index (χ2n) is 7.65. The number of carbonyl (C=O) groups excluding carboxylic acids is 1. The first kappa shape index (κ1) is 17.7. The number of aryl methyl sites for hydroxylation is 2. The molecular weight excluding hydrogens is 312 g/mol. The molecule has 0 spiro atoms. The molecule has 25 heavy (non-hydrogen) atoms. The Morgan fingerprint density at radius 1 is 1.16 bits per heavy atom. The fraction of sp³-hybridized carbons (Fsp3) is 0.476. The Hall–Kier alpha value is -2.07. The van der Waals surface area contributed by atoms with Gasteiger partial charge in [-0.2, -0.15) is 0 Å². The molecule has 0 fully saturated rings. The third kappa shape index (κ3) is 3.49. The van der Waals surface area contributed by atoms with Gasteiger partial charge in [-0.25, -0.2) is 0 Å². The van der Waals surface area contributed by atoms with E-state index in [1.54, 1.807) is 0 Å². The summed E-state index contributed by atoms with van der Waals surface area (Å²) in [7, 11) is 0. The van der Waals surface area contributed by atoms with Crippen LogP contribution in [-0.4, -0.2) is 29.4 Å². The maximum absolute atomic E-state index is 12.6. The van der Waals surface area contributed by atoms with Gasteiger partial charge < -0.3 is 9.73 Å². The van der Waals surface area contributed by atoms with Gasteiger partial charge in [0.15, 0.2) is 0 Å². The van der Waals surface area contributed by atoms with E-state index < -0.39 is 0 Å². The molecule has 0 bridgehead atoms. The highest BCUT2D eigenvalue weighted by molar-refractivity contribution is 5.96. The number of furan rings is 1. The normalized spacial score (nSPS) is 15.1. The van der Waals surface area contributed by atoms with Crippen LogP contribution in [0.1, 0.15) is 52.4 Å². The predicted octanol–water partition coefficient (Wildman–Crippen LogP) is 3.77. The maximum Gasteiger partial charge on any atom is 0.255 e. The third-order valence-corrected chi connectivity index (χ3v) is 5.46.